The van der Waals surface area contributed by atoms with E-state index in [2.05, 4.69) is 16.0 Å². The Bertz CT molecular complexity index is 1820. The molecule has 4 heterocycles. The zero-order valence-corrected chi connectivity index (χ0v) is 24.4. The smallest absolute Gasteiger partial charge is 0.407 e. The maximum Gasteiger partial charge on any atom is 0.407 e. The second-order valence-corrected chi connectivity index (χ2v) is 11.2. The maximum absolute atomic E-state index is 15.2. The number of rotatable bonds is 4. The van der Waals surface area contributed by atoms with Gasteiger partial charge in [-0.15, -0.1) is 0 Å². The molecule has 1 aliphatic heterocycles. The summed E-state index contributed by atoms with van der Waals surface area (Å²) >= 11 is 0. The van der Waals surface area contributed by atoms with Crippen LogP contribution >= 0.6 is 0 Å². The molecule has 0 aliphatic carbocycles. The molecule has 5 rings (SSSR count). The first-order chi connectivity index (χ1) is 19.9. The molecule has 3 aromatic heterocycles. The monoisotopic (exact) mass is 569 g/mol. The lowest BCUT2D eigenvalue weighted by Crippen LogP contribution is -2.58. The molecule has 0 unspecified atom stereocenters. The van der Waals surface area contributed by atoms with Crippen molar-refractivity contribution in [1.29, 1.82) is 5.26 Å². The normalized spacial score (nSPS) is 17.1. The van der Waals surface area contributed by atoms with Crippen molar-refractivity contribution >= 4 is 22.9 Å². The van der Waals surface area contributed by atoms with Crippen molar-refractivity contribution in [2.45, 2.75) is 59.5 Å². The number of carboxylic acid groups (broad SMARTS) is 1. The summed E-state index contributed by atoms with van der Waals surface area (Å²) in [6.45, 7) is 11.8. The van der Waals surface area contributed by atoms with Gasteiger partial charge in [-0.3, -0.25) is 4.98 Å². The number of anilines is 1. The van der Waals surface area contributed by atoms with E-state index in [4.69, 9.17) is 4.98 Å². The molecule has 1 aliphatic rings. The molecule has 0 bridgehead atoms. The number of piperazine rings is 1. The van der Waals surface area contributed by atoms with E-state index in [0.29, 0.717) is 22.6 Å². The van der Waals surface area contributed by atoms with Crippen LogP contribution in [0.1, 0.15) is 56.0 Å². The number of aryl methyl sites for hydroxylation is 2. The van der Waals surface area contributed by atoms with E-state index in [0.717, 1.165) is 11.1 Å². The Kier molecular flexibility index (Phi) is 7.41. The largest absolute Gasteiger partial charge is 0.465 e. The van der Waals surface area contributed by atoms with Crippen LogP contribution in [0.2, 0.25) is 0 Å². The fourth-order valence-corrected chi connectivity index (χ4v) is 5.82. The molecule has 1 N–H and O–H groups in total. The molecule has 0 radical (unpaired) electrons. The van der Waals surface area contributed by atoms with Gasteiger partial charge in [0.05, 0.1) is 28.0 Å². The van der Waals surface area contributed by atoms with Gasteiger partial charge in [0.15, 0.2) is 5.65 Å². The average Bonchev–Trinajstić information content (AvgIpc) is 2.93. The maximum atomic E-state index is 15.2. The van der Waals surface area contributed by atoms with Gasteiger partial charge in [-0.05, 0) is 63.4 Å². The third-order valence-electron chi connectivity index (χ3n) is 7.70. The second kappa shape index (κ2) is 10.9. The van der Waals surface area contributed by atoms with Crippen molar-refractivity contribution < 1.29 is 14.3 Å². The van der Waals surface area contributed by atoms with Gasteiger partial charge >= 0.3 is 11.8 Å². The topological polar surface area (TPSA) is 128 Å². The van der Waals surface area contributed by atoms with Crippen LogP contribution in [0.15, 0.2) is 41.3 Å². The van der Waals surface area contributed by atoms with Gasteiger partial charge < -0.3 is 14.9 Å². The van der Waals surface area contributed by atoms with Gasteiger partial charge in [-0.1, -0.05) is 25.5 Å². The van der Waals surface area contributed by atoms with Crippen LogP contribution in [-0.2, 0) is 0 Å². The predicted octanol–water partition coefficient (Wildman–Crippen LogP) is 5.17. The van der Waals surface area contributed by atoms with Crippen molar-refractivity contribution in [2.75, 3.05) is 18.0 Å². The summed E-state index contributed by atoms with van der Waals surface area (Å²) < 4.78 is 16.6. The van der Waals surface area contributed by atoms with Crippen LogP contribution in [0.25, 0.3) is 28.0 Å². The number of carbonyl (C=O) groups is 1. The standard InChI is InChI=1S/C31H32FN7O3/c1-16(2)25-27(18(4)9-10-34-25)39-28-23(12-21(13-33)26(35-28)22-11-17(3)7-8-24(22)32)29(36-30(39)40)38-19(5)14-37(31(41)42)15-20(38)6/h7-12,16,19-20H,14-15H2,1-6H3,(H,41,42)/t19-,20+. The Morgan fingerprint density at radius 3 is 2.43 bits per heavy atom. The molecule has 11 heteroatoms. The first-order valence-electron chi connectivity index (χ1n) is 13.8. The molecule has 42 heavy (non-hydrogen) atoms. The molecular weight excluding hydrogens is 537 g/mol. The Morgan fingerprint density at radius 2 is 1.81 bits per heavy atom. The number of fused-ring (bicyclic) bond motifs is 1. The number of nitrogens with zero attached hydrogens (tertiary/aromatic N) is 7. The molecule has 216 valence electrons. The van der Waals surface area contributed by atoms with Crippen molar-refractivity contribution in [2.24, 2.45) is 0 Å². The minimum Gasteiger partial charge on any atom is -0.465 e. The molecule has 4 aromatic rings. The lowest BCUT2D eigenvalue weighted by Gasteiger charge is -2.44. The van der Waals surface area contributed by atoms with Crippen LogP contribution in [0.4, 0.5) is 15.0 Å². The van der Waals surface area contributed by atoms with Crippen LogP contribution < -0.4 is 10.6 Å². The van der Waals surface area contributed by atoms with Crippen molar-refractivity contribution in [1.82, 2.24) is 24.4 Å². The van der Waals surface area contributed by atoms with Gasteiger partial charge in [0.25, 0.3) is 0 Å². The molecule has 2 atom stereocenters. The summed E-state index contributed by atoms with van der Waals surface area (Å²) in [6.07, 6.45) is 0.664. The van der Waals surface area contributed by atoms with Gasteiger partial charge in [0.2, 0.25) is 0 Å². The SMILES string of the molecule is Cc1ccc(F)c(-c2nc3c(cc2C#N)c(N2[C@H](C)CN(C(=O)O)C[C@@H]2C)nc(=O)n3-c2c(C)ccnc2C(C)C)c1. The fourth-order valence-electron chi connectivity index (χ4n) is 5.82. The van der Waals surface area contributed by atoms with Crippen LogP contribution in [0.3, 0.4) is 0 Å². The number of pyridine rings is 2. The average molecular weight is 570 g/mol. The van der Waals surface area contributed by atoms with E-state index in [-0.39, 0.29) is 53.6 Å². The predicted molar refractivity (Wildman–Crippen MR) is 158 cm³/mol. The first-order valence-corrected chi connectivity index (χ1v) is 13.8. The van der Waals surface area contributed by atoms with Crippen LogP contribution in [0.5, 0.6) is 0 Å². The van der Waals surface area contributed by atoms with Gasteiger partial charge in [0.1, 0.15) is 17.7 Å². The molecule has 10 nitrogen and oxygen atoms in total. The first kappa shape index (κ1) is 28.7. The van der Waals surface area contributed by atoms with Crippen molar-refractivity contribution in [3.05, 3.63) is 75.2 Å². The number of hydrogen-bond donors (Lipinski definition) is 1. The number of aromatic nitrogens is 4. The Morgan fingerprint density at radius 1 is 1.12 bits per heavy atom. The van der Waals surface area contributed by atoms with E-state index in [1.165, 1.54) is 15.5 Å². The summed E-state index contributed by atoms with van der Waals surface area (Å²) in [6, 6.07) is 9.48. The molecule has 1 amide bonds. The van der Waals surface area contributed by atoms with Crippen molar-refractivity contribution in [3.63, 3.8) is 0 Å². The quantitative estimate of drug-likeness (QED) is 0.357. The Labute approximate surface area is 242 Å². The Balaban J connectivity index is 1.90. The van der Waals surface area contributed by atoms with Crippen molar-refractivity contribution in [3.8, 4) is 23.0 Å². The van der Waals surface area contributed by atoms with Gasteiger partial charge in [-0.2, -0.15) is 10.2 Å². The molecule has 0 saturated carbocycles. The van der Waals surface area contributed by atoms with Crippen LogP contribution in [0, 0.1) is 31.0 Å². The summed E-state index contributed by atoms with van der Waals surface area (Å²) in [4.78, 5) is 43.0. The number of amides is 1. The second-order valence-electron chi connectivity index (χ2n) is 11.2. The molecular formula is C31H32FN7O3. The zero-order valence-electron chi connectivity index (χ0n) is 24.4. The third-order valence-corrected chi connectivity index (χ3v) is 7.70. The van der Waals surface area contributed by atoms with E-state index >= 15 is 4.39 Å². The number of hydrogen-bond acceptors (Lipinski definition) is 7. The number of benzene rings is 1. The lowest BCUT2D eigenvalue weighted by atomic mass is 10.0. The zero-order chi connectivity index (χ0) is 30.5. The fraction of sp³-hybridized carbons (Fsp3) is 0.355. The minimum absolute atomic E-state index is 0.0438. The molecule has 0 spiro atoms. The molecule has 1 aromatic carbocycles. The highest BCUT2D eigenvalue weighted by molar-refractivity contribution is 5.92. The van der Waals surface area contributed by atoms with E-state index in [1.54, 1.807) is 30.5 Å². The summed E-state index contributed by atoms with van der Waals surface area (Å²) in [5, 5.41) is 20.2. The highest BCUT2D eigenvalue weighted by atomic mass is 19.1. The summed E-state index contributed by atoms with van der Waals surface area (Å²) in [5.74, 6) is -0.290. The Hall–Kier alpha value is -4.85. The van der Waals surface area contributed by atoms with E-state index < -0.39 is 17.6 Å². The summed E-state index contributed by atoms with van der Waals surface area (Å²) in [5.41, 5.74) is 2.74. The lowest BCUT2D eigenvalue weighted by molar-refractivity contribution is 0.128. The van der Waals surface area contributed by atoms with Crippen LogP contribution in [-0.4, -0.2) is 60.8 Å². The van der Waals surface area contributed by atoms with E-state index in [9.17, 15) is 20.0 Å². The third kappa shape index (κ3) is 4.83. The molecule has 1 fully saturated rings. The molecule has 1 saturated heterocycles. The summed E-state index contributed by atoms with van der Waals surface area (Å²) in [7, 11) is 0. The van der Waals surface area contributed by atoms with E-state index in [1.807, 2.05) is 46.4 Å². The van der Waals surface area contributed by atoms with Gasteiger partial charge in [0, 0.05) is 36.9 Å². The van der Waals surface area contributed by atoms with Gasteiger partial charge in [-0.25, -0.2) is 23.5 Å². The number of halogens is 1. The highest BCUT2D eigenvalue weighted by Crippen LogP contribution is 2.35. The minimum atomic E-state index is -1.02. The number of nitriles is 1. The highest BCUT2D eigenvalue weighted by Gasteiger charge is 2.35.